The van der Waals surface area contributed by atoms with Gasteiger partial charge < -0.3 is 10.2 Å². The SMILES string of the molecule is Oc1ccc(-c2csc(N3N=C(c4ccc5ccccc5c4)CC3(O)C(F)(F)F)n2)cc1. The maximum absolute atomic E-state index is 14.0. The third kappa shape index (κ3) is 3.39. The number of halogens is 3. The van der Waals surface area contributed by atoms with Gasteiger partial charge in [0, 0.05) is 10.9 Å². The molecule has 1 atom stereocenters. The van der Waals surface area contributed by atoms with Gasteiger partial charge in [-0.05, 0) is 46.7 Å². The van der Waals surface area contributed by atoms with Crippen LogP contribution in [0.15, 0.2) is 77.2 Å². The fraction of sp³-hybridized carbons (Fsp3) is 0.130. The number of thiazole rings is 1. The topological polar surface area (TPSA) is 69.0 Å². The van der Waals surface area contributed by atoms with Crippen LogP contribution in [-0.4, -0.2) is 32.8 Å². The van der Waals surface area contributed by atoms with Crippen LogP contribution >= 0.6 is 11.3 Å². The molecule has 0 radical (unpaired) electrons. The van der Waals surface area contributed by atoms with Crippen molar-refractivity contribution in [1.82, 2.24) is 4.98 Å². The summed E-state index contributed by atoms with van der Waals surface area (Å²) in [4.78, 5) is 4.27. The Balaban J connectivity index is 1.56. The molecular formula is C23H16F3N3O2S. The second-order valence-electron chi connectivity index (χ2n) is 7.47. The maximum atomic E-state index is 14.0. The van der Waals surface area contributed by atoms with E-state index in [1.165, 1.54) is 12.1 Å². The van der Waals surface area contributed by atoms with Gasteiger partial charge in [0.15, 0.2) is 0 Å². The summed E-state index contributed by atoms with van der Waals surface area (Å²) in [5, 5.41) is 28.2. The molecule has 9 heteroatoms. The van der Waals surface area contributed by atoms with Crippen molar-refractivity contribution >= 4 is 33.0 Å². The molecule has 162 valence electrons. The molecule has 1 aliphatic heterocycles. The Morgan fingerprint density at radius 1 is 0.938 bits per heavy atom. The van der Waals surface area contributed by atoms with E-state index < -0.39 is 18.3 Å². The van der Waals surface area contributed by atoms with Gasteiger partial charge in [-0.25, -0.2) is 4.98 Å². The molecule has 1 aromatic heterocycles. The Morgan fingerprint density at radius 2 is 1.62 bits per heavy atom. The van der Waals surface area contributed by atoms with Gasteiger partial charge in [-0.15, -0.1) is 11.3 Å². The molecule has 1 unspecified atom stereocenters. The molecule has 1 aliphatic rings. The lowest BCUT2D eigenvalue weighted by Crippen LogP contribution is -2.55. The number of rotatable bonds is 3. The number of fused-ring (bicyclic) bond motifs is 1. The summed E-state index contributed by atoms with van der Waals surface area (Å²) in [7, 11) is 0. The lowest BCUT2D eigenvalue weighted by Gasteiger charge is -2.32. The van der Waals surface area contributed by atoms with Gasteiger partial charge in [0.05, 0.1) is 17.8 Å². The highest BCUT2D eigenvalue weighted by atomic mass is 32.1. The van der Waals surface area contributed by atoms with Crippen molar-refractivity contribution in [2.24, 2.45) is 5.10 Å². The predicted molar refractivity (Wildman–Crippen MR) is 118 cm³/mol. The van der Waals surface area contributed by atoms with Crippen LogP contribution in [-0.2, 0) is 0 Å². The number of nitrogens with zero attached hydrogens (tertiary/aromatic N) is 3. The molecule has 0 saturated heterocycles. The number of aromatic nitrogens is 1. The van der Waals surface area contributed by atoms with Crippen LogP contribution in [0.3, 0.4) is 0 Å². The van der Waals surface area contributed by atoms with E-state index in [1.807, 2.05) is 30.3 Å². The van der Waals surface area contributed by atoms with E-state index in [2.05, 4.69) is 10.1 Å². The fourth-order valence-corrected chi connectivity index (χ4v) is 4.47. The zero-order valence-electron chi connectivity index (χ0n) is 16.4. The quantitative estimate of drug-likeness (QED) is 0.426. The van der Waals surface area contributed by atoms with E-state index in [9.17, 15) is 23.4 Å². The number of hydrogen-bond acceptors (Lipinski definition) is 6. The van der Waals surface area contributed by atoms with Gasteiger partial charge in [-0.1, -0.05) is 36.4 Å². The monoisotopic (exact) mass is 455 g/mol. The molecule has 5 rings (SSSR count). The Labute approximate surface area is 184 Å². The van der Waals surface area contributed by atoms with Crippen molar-refractivity contribution in [3.8, 4) is 17.0 Å². The van der Waals surface area contributed by atoms with Crippen molar-refractivity contribution in [2.75, 3.05) is 5.01 Å². The largest absolute Gasteiger partial charge is 0.508 e. The molecule has 0 spiro atoms. The number of alkyl halides is 3. The van der Waals surface area contributed by atoms with E-state index in [0.717, 1.165) is 22.1 Å². The number of phenols is 1. The first-order valence-corrected chi connectivity index (χ1v) is 10.5. The number of hydrazone groups is 1. The van der Waals surface area contributed by atoms with Crippen LogP contribution in [0.2, 0.25) is 0 Å². The minimum atomic E-state index is -4.96. The molecular weight excluding hydrogens is 439 g/mol. The van der Waals surface area contributed by atoms with Crippen LogP contribution in [0, 0.1) is 0 Å². The number of benzene rings is 3. The standard InChI is InChI=1S/C23H16F3N3O2S/c24-23(25,26)22(31)12-19(17-6-5-14-3-1-2-4-16(14)11-17)28-29(22)21-27-20(13-32-21)15-7-9-18(30)10-8-15/h1-11,13,30-31H,12H2. The molecule has 32 heavy (non-hydrogen) atoms. The predicted octanol–water partition coefficient (Wildman–Crippen LogP) is 5.53. The van der Waals surface area contributed by atoms with E-state index in [-0.39, 0.29) is 16.6 Å². The highest BCUT2D eigenvalue weighted by Gasteiger charge is 2.62. The van der Waals surface area contributed by atoms with Crippen LogP contribution < -0.4 is 5.01 Å². The molecule has 2 N–H and O–H groups in total. The average Bonchev–Trinajstić information content (AvgIpc) is 3.39. The summed E-state index contributed by atoms with van der Waals surface area (Å²) in [6.07, 6.45) is -5.68. The van der Waals surface area contributed by atoms with Crippen molar-refractivity contribution in [3.63, 3.8) is 0 Å². The minimum Gasteiger partial charge on any atom is -0.508 e. The van der Waals surface area contributed by atoms with Crippen LogP contribution in [0.1, 0.15) is 12.0 Å². The first kappa shape index (κ1) is 20.5. The van der Waals surface area contributed by atoms with Gasteiger partial charge in [0.25, 0.3) is 5.72 Å². The Kier molecular flexibility index (Phi) is 4.68. The molecule has 0 fully saturated rings. The van der Waals surface area contributed by atoms with Gasteiger partial charge >= 0.3 is 6.18 Å². The number of hydrogen-bond donors (Lipinski definition) is 2. The Morgan fingerprint density at radius 3 is 2.34 bits per heavy atom. The number of aromatic hydroxyl groups is 1. The average molecular weight is 455 g/mol. The fourth-order valence-electron chi connectivity index (χ4n) is 3.62. The summed E-state index contributed by atoms with van der Waals surface area (Å²) in [6.45, 7) is 0. The third-order valence-corrected chi connectivity index (χ3v) is 6.17. The first-order chi connectivity index (χ1) is 15.2. The number of anilines is 1. The molecule has 5 nitrogen and oxygen atoms in total. The van der Waals surface area contributed by atoms with Crippen LogP contribution in [0.25, 0.3) is 22.0 Å². The smallest absolute Gasteiger partial charge is 0.438 e. The highest BCUT2D eigenvalue weighted by molar-refractivity contribution is 7.14. The summed E-state index contributed by atoms with van der Waals surface area (Å²) in [5.74, 6) is 0.0693. The van der Waals surface area contributed by atoms with Gasteiger partial charge in [0.1, 0.15) is 5.75 Å². The molecule has 0 aliphatic carbocycles. The van der Waals surface area contributed by atoms with Crippen molar-refractivity contribution < 1.29 is 23.4 Å². The van der Waals surface area contributed by atoms with Crippen LogP contribution in [0.4, 0.5) is 18.3 Å². The molecule has 0 bridgehead atoms. The molecule has 2 heterocycles. The lowest BCUT2D eigenvalue weighted by atomic mass is 9.98. The van der Waals surface area contributed by atoms with E-state index in [0.29, 0.717) is 21.8 Å². The van der Waals surface area contributed by atoms with E-state index in [4.69, 9.17) is 0 Å². The Bertz CT molecular complexity index is 1330. The summed E-state index contributed by atoms with van der Waals surface area (Å²) in [6, 6.07) is 18.9. The zero-order chi connectivity index (χ0) is 22.5. The summed E-state index contributed by atoms with van der Waals surface area (Å²) >= 11 is 0.949. The number of aliphatic hydroxyl groups is 1. The summed E-state index contributed by atoms with van der Waals surface area (Å²) in [5.41, 5.74) is -1.54. The Hall–Kier alpha value is -3.43. The molecule has 3 aromatic carbocycles. The second-order valence-corrected chi connectivity index (χ2v) is 8.31. The molecule has 0 saturated carbocycles. The highest BCUT2D eigenvalue weighted by Crippen LogP contribution is 2.45. The third-order valence-electron chi connectivity index (χ3n) is 5.36. The minimum absolute atomic E-state index is 0.0693. The van der Waals surface area contributed by atoms with Crippen molar-refractivity contribution in [1.29, 1.82) is 0 Å². The zero-order valence-corrected chi connectivity index (χ0v) is 17.2. The number of phenolic OH excluding ortho intramolecular Hbond substituents is 1. The van der Waals surface area contributed by atoms with Crippen molar-refractivity contribution in [3.05, 3.63) is 77.7 Å². The molecule has 0 amide bonds. The van der Waals surface area contributed by atoms with Gasteiger partial charge in [0.2, 0.25) is 5.13 Å². The van der Waals surface area contributed by atoms with Crippen molar-refractivity contribution in [2.45, 2.75) is 18.3 Å². The van der Waals surface area contributed by atoms with E-state index >= 15 is 0 Å². The molecule has 4 aromatic rings. The summed E-state index contributed by atoms with van der Waals surface area (Å²) < 4.78 is 41.9. The van der Waals surface area contributed by atoms with Gasteiger partial charge in [-0.3, -0.25) is 0 Å². The van der Waals surface area contributed by atoms with E-state index in [1.54, 1.807) is 29.6 Å². The maximum Gasteiger partial charge on any atom is 0.438 e. The normalized spacial score (nSPS) is 18.9. The first-order valence-electron chi connectivity index (χ1n) is 9.65. The lowest BCUT2D eigenvalue weighted by molar-refractivity contribution is -0.254. The second kappa shape index (κ2) is 7.32. The van der Waals surface area contributed by atoms with Crippen LogP contribution in [0.5, 0.6) is 5.75 Å². The van der Waals surface area contributed by atoms with Gasteiger partial charge in [-0.2, -0.15) is 23.3 Å².